The average molecular weight is 318 g/mol. The van der Waals surface area contributed by atoms with Crippen LogP contribution in [0.1, 0.15) is 18.7 Å². The monoisotopic (exact) mass is 318 g/mol. The quantitative estimate of drug-likeness (QED) is 0.788. The van der Waals surface area contributed by atoms with Gasteiger partial charge in [0.25, 0.3) is 0 Å². The maximum absolute atomic E-state index is 12.3. The van der Waals surface area contributed by atoms with E-state index in [4.69, 9.17) is 0 Å². The first kappa shape index (κ1) is 15.2. The number of nitrogens with zero attached hydrogens (tertiary/aromatic N) is 1. The molecule has 7 heteroatoms. The molecule has 1 aromatic carbocycles. The number of para-hydroxylation sites is 1. The fourth-order valence-corrected chi connectivity index (χ4v) is 3.04. The third kappa shape index (κ3) is 4.42. The van der Waals surface area contributed by atoms with Gasteiger partial charge >= 0.3 is 6.18 Å². The summed E-state index contributed by atoms with van der Waals surface area (Å²) >= 11 is 2.28. The Hall–Kier alpha value is -1.21. The summed E-state index contributed by atoms with van der Waals surface area (Å²) in [5.74, 6) is -0.892. The van der Waals surface area contributed by atoms with Gasteiger partial charge in [-0.2, -0.15) is 13.2 Å². The van der Waals surface area contributed by atoms with Crippen molar-refractivity contribution in [2.75, 3.05) is 11.1 Å². The number of alkyl halides is 3. The van der Waals surface area contributed by atoms with Crippen molar-refractivity contribution >= 4 is 28.8 Å². The van der Waals surface area contributed by atoms with Crippen LogP contribution in [0.2, 0.25) is 0 Å². The standard InChI is InChI=1S/C13H13F3N2S2/c1-9(11-6-19-8-17-11)18-10-4-2-3-5-12(10)20-7-13(14,15)16/h2-6,8-9,18H,7H2,1H3. The van der Waals surface area contributed by atoms with Gasteiger partial charge in [0, 0.05) is 16.0 Å². The van der Waals surface area contributed by atoms with Crippen molar-refractivity contribution in [3.63, 3.8) is 0 Å². The summed E-state index contributed by atoms with van der Waals surface area (Å²) < 4.78 is 36.9. The van der Waals surface area contributed by atoms with Gasteiger partial charge in [-0.15, -0.1) is 23.1 Å². The molecule has 0 amide bonds. The Morgan fingerprint density at radius 2 is 2.10 bits per heavy atom. The molecule has 20 heavy (non-hydrogen) atoms. The lowest BCUT2D eigenvalue weighted by Gasteiger charge is -2.16. The van der Waals surface area contributed by atoms with E-state index in [0.29, 0.717) is 10.6 Å². The second kappa shape index (κ2) is 6.49. The summed E-state index contributed by atoms with van der Waals surface area (Å²) in [6, 6.07) is 6.95. The lowest BCUT2D eigenvalue weighted by molar-refractivity contribution is -0.105. The molecular formula is C13H13F3N2S2. The molecule has 2 nitrogen and oxygen atoms in total. The molecule has 0 aliphatic rings. The first-order valence-corrected chi connectivity index (χ1v) is 7.82. The van der Waals surface area contributed by atoms with E-state index in [1.54, 1.807) is 29.8 Å². The van der Waals surface area contributed by atoms with Gasteiger partial charge in [0.15, 0.2) is 0 Å². The molecule has 0 radical (unpaired) electrons. The normalized spacial score (nSPS) is 13.2. The van der Waals surface area contributed by atoms with Crippen LogP contribution < -0.4 is 5.32 Å². The number of hydrogen-bond donors (Lipinski definition) is 1. The number of halogens is 3. The van der Waals surface area contributed by atoms with Crippen molar-refractivity contribution in [3.05, 3.63) is 40.8 Å². The molecule has 0 aliphatic carbocycles. The van der Waals surface area contributed by atoms with Crippen molar-refractivity contribution < 1.29 is 13.2 Å². The van der Waals surface area contributed by atoms with E-state index in [2.05, 4.69) is 10.3 Å². The predicted molar refractivity (Wildman–Crippen MR) is 77.4 cm³/mol. The first-order chi connectivity index (χ1) is 9.46. The van der Waals surface area contributed by atoms with Gasteiger partial charge in [-0.05, 0) is 19.1 Å². The van der Waals surface area contributed by atoms with Gasteiger partial charge in [0.1, 0.15) is 0 Å². The van der Waals surface area contributed by atoms with Crippen molar-refractivity contribution in [1.82, 2.24) is 4.98 Å². The fourth-order valence-electron chi connectivity index (χ4n) is 1.61. The molecule has 0 bridgehead atoms. The Bertz CT molecular complexity index is 541. The number of hydrogen-bond acceptors (Lipinski definition) is 4. The molecule has 1 unspecified atom stereocenters. The van der Waals surface area contributed by atoms with Crippen LogP contribution in [-0.2, 0) is 0 Å². The van der Waals surface area contributed by atoms with E-state index in [9.17, 15) is 13.2 Å². The second-order valence-electron chi connectivity index (χ2n) is 4.18. The summed E-state index contributed by atoms with van der Waals surface area (Å²) in [5, 5.41) is 5.12. The molecule has 1 heterocycles. The van der Waals surface area contributed by atoms with E-state index in [-0.39, 0.29) is 6.04 Å². The highest BCUT2D eigenvalue weighted by molar-refractivity contribution is 7.99. The highest BCUT2D eigenvalue weighted by atomic mass is 32.2. The molecule has 0 saturated heterocycles. The average Bonchev–Trinajstić information content (AvgIpc) is 2.90. The van der Waals surface area contributed by atoms with E-state index in [1.165, 1.54) is 11.3 Å². The molecule has 1 atom stereocenters. The third-order valence-corrected chi connectivity index (χ3v) is 4.29. The zero-order chi connectivity index (χ0) is 14.6. The van der Waals surface area contributed by atoms with Gasteiger partial charge in [0.05, 0.1) is 23.0 Å². The van der Waals surface area contributed by atoms with E-state index >= 15 is 0 Å². The number of rotatable bonds is 5. The minimum atomic E-state index is -4.17. The highest BCUT2D eigenvalue weighted by Gasteiger charge is 2.27. The van der Waals surface area contributed by atoms with Crippen LogP contribution in [-0.4, -0.2) is 16.9 Å². The summed E-state index contributed by atoms with van der Waals surface area (Å²) in [6.07, 6.45) is -4.17. The molecular weight excluding hydrogens is 305 g/mol. The maximum Gasteiger partial charge on any atom is 0.398 e. The largest absolute Gasteiger partial charge is 0.398 e. The van der Waals surface area contributed by atoms with Gasteiger partial charge in [0.2, 0.25) is 0 Å². The van der Waals surface area contributed by atoms with Crippen LogP contribution in [0.15, 0.2) is 40.1 Å². The lowest BCUT2D eigenvalue weighted by Crippen LogP contribution is -2.11. The third-order valence-electron chi connectivity index (χ3n) is 2.55. The maximum atomic E-state index is 12.3. The molecule has 0 spiro atoms. The minimum absolute atomic E-state index is 0.0473. The van der Waals surface area contributed by atoms with Crippen molar-refractivity contribution in [3.8, 4) is 0 Å². The second-order valence-corrected chi connectivity index (χ2v) is 5.92. The SMILES string of the molecule is CC(Nc1ccccc1SCC(F)(F)F)c1cscn1. The molecule has 2 rings (SSSR count). The van der Waals surface area contributed by atoms with Crippen LogP contribution in [0.25, 0.3) is 0 Å². The summed E-state index contributed by atoms with van der Waals surface area (Å²) in [4.78, 5) is 4.79. The summed E-state index contributed by atoms with van der Waals surface area (Å²) in [5.41, 5.74) is 3.31. The van der Waals surface area contributed by atoms with Crippen molar-refractivity contribution in [1.29, 1.82) is 0 Å². The highest BCUT2D eigenvalue weighted by Crippen LogP contribution is 2.33. The number of thioether (sulfide) groups is 1. The van der Waals surface area contributed by atoms with Crippen LogP contribution in [0, 0.1) is 0 Å². The molecule has 108 valence electrons. The molecule has 1 N–H and O–H groups in total. The number of thiazole rings is 1. The van der Waals surface area contributed by atoms with Crippen LogP contribution in [0.5, 0.6) is 0 Å². The van der Waals surface area contributed by atoms with Gasteiger partial charge in [-0.3, -0.25) is 0 Å². The smallest absolute Gasteiger partial charge is 0.376 e. The summed E-state index contributed by atoms with van der Waals surface area (Å²) in [6.45, 7) is 1.93. The number of aromatic nitrogens is 1. The van der Waals surface area contributed by atoms with Gasteiger partial charge < -0.3 is 5.32 Å². The van der Waals surface area contributed by atoms with Crippen LogP contribution >= 0.6 is 23.1 Å². The van der Waals surface area contributed by atoms with Crippen LogP contribution in [0.3, 0.4) is 0 Å². The lowest BCUT2D eigenvalue weighted by atomic mass is 10.2. The Balaban J connectivity index is 2.08. The van der Waals surface area contributed by atoms with E-state index in [1.807, 2.05) is 12.3 Å². The molecule has 2 aromatic rings. The Kier molecular flexibility index (Phi) is 4.93. The van der Waals surface area contributed by atoms with Crippen molar-refractivity contribution in [2.24, 2.45) is 0 Å². The number of nitrogens with one attached hydrogen (secondary N) is 1. The topological polar surface area (TPSA) is 24.9 Å². The summed E-state index contributed by atoms with van der Waals surface area (Å²) in [7, 11) is 0. The fraction of sp³-hybridized carbons (Fsp3) is 0.308. The van der Waals surface area contributed by atoms with Gasteiger partial charge in [-0.1, -0.05) is 12.1 Å². The zero-order valence-electron chi connectivity index (χ0n) is 10.6. The molecule has 1 aromatic heterocycles. The van der Waals surface area contributed by atoms with E-state index in [0.717, 1.165) is 17.5 Å². The Labute approximate surface area is 123 Å². The van der Waals surface area contributed by atoms with Gasteiger partial charge in [-0.25, -0.2) is 4.98 Å². The molecule has 0 aliphatic heterocycles. The number of anilines is 1. The number of benzene rings is 1. The molecule has 0 saturated carbocycles. The van der Waals surface area contributed by atoms with Crippen LogP contribution in [0.4, 0.5) is 18.9 Å². The zero-order valence-corrected chi connectivity index (χ0v) is 12.3. The van der Waals surface area contributed by atoms with Crippen molar-refractivity contribution in [2.45, 2.75) is 24.0 Å². The Morgan fingerprint density at radius 3 is 2.75 bits per heavy atom. The Morgan fingerprint density at radius 1 is 1.35 bits per heavy atom. The minimum Gasteiger partial charge on any atom is -0.376 e. The predicted octanol–water partition coefficient (Wildman–Crippen LogP) is 4.97. The van der Waals surface area contributed by atoms with E-state index < -0.39 is 11.9 Å². The molecule has 0 fully saturated rings. The first-order valence-electron chi connectivity index (χ1n) is 5.89.